The quantitative estimate of drug-likeness (QED) is 0.525. The number of nitrogens with one attached hydrogen (secondary N) is 1. The van der Waals surface area contributed by atoms with E-state index in [9.17, 15) is 13.2 Å². The van der Waals surface area contributed by atoms with Crippen LogP contribution in [0.4, 0.5) is 13.2 Å². The Labute approximate surface area is 56.8 Å². The summed E-state index contributed by atoms with van der Waals surface area (Å²) in [6.07, 6.45) is -4.16. The molecule has 0 aromatic rings. The normalized spacial score (nSPS) is 28.5. The molecule has 1 aliphatic rings. The SMILES string of the molecule is FC(F)(F)C1CNCC[N]1. The van der Waals surface area contributed by atoms with Crippen LogP contribution < -0.4 is 10.6 Å². The monoisotopic (exact) mass is 153 g/mol. The van der Waals surface area contributed by atoms with E-state index in [0.717, 1.165) is 0 Å². The van der Waals surface area contributed by atoms with Crippen molar-refractivity contribution in [3.63, 3.8) is 0 Å². The largest absolute Gasteiger partial charge is 0.406 e. The molecule has 0 bridgehead atoms. The van der Waals surface area contributed by atoms with Gasteiger partial charge in [-0.3, -0.25) is 0 Å². The molecule has 2 nitrogen and oxygen atoms in total. The van der Waals surface area contributed by atoms with E-state index in [4.69, 9.17) is 0 Å². The fourth-order valence-electron chi connectivity index (χ4n) is 0.822. The number of halogens is 3. The van der Waals surface area contributed by atoms with Gasteiger partial charge in [0.15, 0.2) is 0 Å². The van der Waals surface area contributed by atoms with Crippen LogP contribution in [0.15, 0.2) is 0 Å². The molecule has 1 saturated heterocycles. The van der Waals surface area contributed by atoms with Crippen molar-refractivity contribution in [3.8, 4) is 0 Å². The number of hydrogen-bond donors (Lipinski definition) is 1. The molecular weight excluding hydrogens is 145 g/mol. The average molecular weight is 153 g/mol. The van der Waals surface area contributed by atoms with Gasteiger partial charge in [-0.15, -0.1) is 0 Å². The Bertz CT molecular complexity index is 106. The average Bonchev–Trinajstić information content (AvgIpc) is 1.88. The molecule has 5 heteroatoms. The van der Waals surface area contributed by atoms with Crippen LogP contribution in [0.2, 0.25) is 0 Å². The van der Waals surface area contributed by atoms with Crippen LogP contribution >= 0.6 is 0 Å². The molecule has 1 unspecified atom stereocenters. The summed E-state index contributed by atoms with van der Waals surface area (Å²) in [5, 5.41) is 6.04. The molecule has 0 saturated carbocycles. The summed E-state index contributed by atoms with van der Waals surface area (Å²) in [5.41, 5.74) is 0. The van der Waals surface area contributed by atoms with E-state index in [1.807, 2.05) is 0 Å². The van der Waals surface area contributed by atoms with E-state index in [0.29, 0.717) is 6.54 Å². The van der Waals surface area contributed by atoms with Crippen molar-refractivity contribution in [1.82, 2.24) is 10.6 Å². The minimum Gasteiger partial charge on any atom is -0.313 e. The lowest BCUT2D eigenvalue weighted by molar-refractivity contribution is -0.157. The van der Waals surface area contributed by atoms with Crippen molar-refractivity contribution in [2.75, 3.05) is 19.6 Å². The molecule has 1 atom stereocenters. The number of piperazine rings is 1. The Morgan fingerprint density at radius 1 is 1.40 bits per heavy atom. The molecule has 59 valence electrons. The first-order valence-corrected chi connectivity index (χ1v) is 3.05. The van der Waals surface area contributed by atoms with Gasteiger partial charge in [-0.1, -0.05) is 0 Å². The van der Waals surface area contributed by atoms with Crippen molar-refractivity contribution in [1.29, 1.82) is 0 Å². The predicted octanol–water partition coefficient (Wildman–Crippen LogP) is 0.125. The summed E-state index contributed by atoms with van der Waals surface area (Å²) in [5.74, 6) is 0. The molecule has 1 N–H and O–H groups in total. The molecule has 1 fully saturated rings. The molecule has 0 aromatic carbocycles. The Morgan fingerprint density at radius 2 is 2.10 bits per heavy atom. The topological polar surface area (TPSA) is 26.1 Å². The van der Waals surface area contributed by atoms with E-state index in [-0.39, 0.29) is 13.1 Å². The van der Waals surface area contributed by atoms with Crippen molar-refractivity contribution in [2.45, 2.75) is 12.2 Å². The van der Waals surface area contributed by atoms with Crippen LogP contribution in [0, 0.1) is 0 Å². The summed E-state index contributed by atoms with van der Waals surface area (Å²) in [6, 6.07) is -1.48. The van der Waals surface area contributed by atoms with Crippen LogP contribution in [0.3, 0.4) is 0 Å². The predicted molar refractivity (Wildman–Crippen MR) is 29.7 cm³/mol. The molecular formula is C5H8F3N2. The summed E-state index contributed by atoms with van der Waals surface area (Å²) < 4.78 is 35.4. The Morgan fingerprint density at radius 3 is 2.40 bits per heavy atom. The Kier molecular flexibility index (Phi) is 2.15. The summed E-state index contributed by atoms with van der Waals surface area (Å²) >= 11 is 0. The van der Waals surface area contributed by atoms with Gasteiger partial charge in [0, 0.05) is 19.6 Å². The maximum Gasteiger partial charge on any atom is 0.406 e. The van der Waals surface area contributed by atoms with Crippen LogP contribution in [0.5, 0.6) is 0 Å². The van der Waals surface area contributed by atoms with Gasteiger partial charge in [-0.05, 0) is 0 Å². The molecule has 1 aliphatic heterocycles. The summed E-state index contributed by atoms with van der Waals surface area (Å²) in [6.45, 7) is 0.764. The standard InChI is InChI=1S/C5H8F3N2/c6-5(7,8)4-3-9-1-2-10-4/h4,9H,1-3H2. The summed E-state index contributed by atoms with van der Waals surface area (Å²) in [7, 11) is 0. The van der Waals surface area contributed by atoms with Gasteiger partial charge >= 0.3 is 6.18 Å². The number of rotatable bonds is 0. The lowest BCUT2D eigenvalue weighted by Crippen LogP contribution is -2.51. The van der Waals surface area contributed by atoms with E-state index in [2.05, 4.69) is 10.6 Å². The van der Waals surface area contributed by atoms with Crippen LogP contribution in [-0.4, -0.2) is 31.9 Å². The zero-order valence-corrected chi connectivity index (χ0v) is 5.28. The third-order valence-corrected chi connectivity index (χ3v) is 1.35. The highest BCUT2D eigenvalue weighted by molar-refractivity contribution is 4.80. The van der Waals surface area contributed by atoms with Crippen LogP contribution in [0.1, 0.15) is 0 Å². The Balaban J connectivity index is 2.39. The molecule has 1 heterocycles. The maximum absolute atomic E-state index is 11.8. The fraction of sp³-hybridized carbons (Fsp3) is 1.00. The van der Waals surface area contributed by atoms with Crippen LogP contribution in [-0.2, 0) is 0 Å². The van der Waals surface area contributed by atoms with E-state index in [1.165, 1.54) is 0 Å². The highest BCUT2D eigenvalue weighted by atomic mass is 19.4. The number of nitrogens with zero attached hydrogens (tertiary/aromatic N) is 1. The highest BCUT2D eigenvalue weighted by Crippen LogP contribution is 2.20. The van der Waals surface area contributed by atoms with Gasteiger partial charge in [0.2, 0.25) is 0 Å². The lowest BCUT2D eigenvalue weighted by atomic mass is 10.2. The van der Waals surface area contributed by atoms with Crippen molar-refractivity contribution >= 4 is 0 Å². The van der Waals surface area contributed by atoms with E-state index >= 15 is 0 Å². The van der Waals surface area contributed by atoms with Gasteiger partial charge in [0.05, 0.1) is 0 Å². The zero-order valence-electron chi connectivity index (χ0n) is 5.28. The van der Waals surface area contributed by atoms with Gasteiger partial charge in [-0.25, -0.2) is 5.32 Å². The molecule has 0 aliphatic carbocycles. The zero-order chi connectivity index (χ0) is 7.61. The molecule has 1 radical (unpaired) electrons. The molecule has 10 heavy (non-hydrogen) atoms. The first kappa shape index (κ1) is 7.81. The van der Waals surface area contributed by atoms with Gasteiger partial charge in [0.1, 0.15) is 6.04 Å². The lowest BCUT2D eigenvalue weighted by Gasteiger charge is -2.24. The van der Waals surface area contributed by atoms with Crippen LogP contribution in [0.25, 0.3) is 0 Å². The van der Waals surface area contributed by atoms with E-state index < -0.39 is 12.2 Å². The molecule has 0 spiro atoms. The van der Waals surface area contributed by atoms with E-state index in [1.54, 1.807) is 0 Å². The molecule has 0 amide bonds. The van der Waals surface area contributed by atoms with Crippen molar-refractivity contribution in [3.05, 3.63) is 0 Å². The first-order valence-electron chi connectivity index (χ1n) is 3.05. The van der Waals surface area contributed by atoms with Crippen molar-refractivity contribution in [2.24, 2.45) is 0 Å². The molecule has 1 rings (SSSR count). The first-order chi connectivity index (χ1) is 4.61. The van der Waals surface area contributed by atoms with Gasteiger partial charge in [-0.2, -0.15) is 13.2 Å². The minimum atomic E-state index is -4.16. The Hall–Kier alpha value is -0.290. The second kappa shape index (κ2) is 2.75. The smallest absolute Gasteiger partial charge is 0.313 e. The second-order valence-electron chi connectivity index (χ2n) is 2.17. The molecule has 0 aromatic heterocycles. The second-order valence-corrected chi connectivity index (χ2v) is 2.17. The third kappa shape index (κ3) is 1.85. The number of hydrogen-bond acceptors (Lipinski definition) is 1. The summed E-state index contributed by atoms with van der Waals surface area (Å²) in [4.78, 5) is 0. The fourth-order valence-corrected chi connectivity index (χ4v) is 0.822. The van der Waals surface area contributed by atoms with Crippen molar-refractivity contribution < 1.29 is 13.2 Å². The number of alkyl halides is 3. The highest BCUT2D eigenvalue weighted by Gasteiger charge is 2.40. The maximum atomic E-state index is 11.8. The third-order valence-electron chi connectivity index (χ3n) is 1.35. The van der Waals surface area contributed by atoms with Gasteiger partial charge in [0.25, 0.3) is 0 Å². The van der Waals surface area contributed by atoms with Gasteiger partial charge < -0.3 is 5.32 Å². The minimum absolute atomic E-state index is 0.0660.